The molecule has 39 heavy (non-hydrogen) atoms. The molecule has 0 aliphatic carbocycles. The van der Waals surface area contributed by atoms with Gasteiger partial charge in [0.25, 0.3) is 11.8 Å². The number of carbonyl (C=O) groups excluding carboxylic acids is 6. The first kappa shape index (κ1) is 39.7. The largest absolute Gasteiger partial charge is 0.460 e. The molecule has 0 saturated carbocycles. The fourth-order valence-corrected chi connectivity index (χ4v) is 2.06. The van der Waals surface area contributed by atoms with Crippen LogP contribution >= 0.6 is 0 Å². The third-order valence-corrected chi connectivity index (χ3v) is 3.91. The fraction of sp³-hybridized carbons (Fsp3) is 0.538. The molecule has 0 spiro atoms. The van der Waals surface area contributed by atoms with E-state index in [1.807, 2.05) is 0 Å². The highest BCUT2D eigenvalue weighted by molar-refractivity contribution is 6.01. The molecule has 0 aromatic heterocycles. The predicted octanol–water partition coefficient (Wildman–Crippen LogP) is 2.24. The van der Waals surface area contributed by atoms with E-state index in [1.54, 1.807) is 13.8 Å². The lowest BCUT2D eigenvalue weighted by atomic mass is 10.4. The number of rotatable bonds is 16. The average Bonchev–Trinajstić information content (AvgIpc) is 3.17. The van der Waals surface area contributed by atoms with Crippen molar-refractivity contribution in [2.75, 3.05) is 46.2 Å². The van der Waals surface area contributed by atoms with Crippen LogP contribution < -0.4 is 0 Å². The first-order valence-corrected chi connectivity index (χ1v) is 11.2. The van der Waals surface area contributed by atoms with Gasteiger partial charge in [-0.2, -0.15) is 0 Å². The number of esters is 3. The van der Waals surface area contributed by atoms with Gasteiger partial charge in [-0.1, -0.05) is 34.6 Å². The van der Waals surface area contributed by atoms with Crippen molar-refractivity contribution >= 4 is 35.7 Å². The van der Waals surface area contributed by atoms with Crippen LogP contribution in [-0.4, -0.2) is 87.0 Å². The monoisotopic (exact) mass is 559 g/mol. The van der Waals surface area contributed by atoms with Gasteiger partial charge < -0.3 is 28.5 Å². The second kappa shape index (κ2) is 23.3. The smallest absolute Gasteiger partial charge is 0.335 e. The zero-order chi connectivity index (χ0) is 28.2. The minimum atomic E-state index is -0.739. The van der Waals surface area contributed by atoms with E-state index in [-0.39, 0.29) is 80.4 Å². The van der Waals surface area contributed by atoms with Crippen LogP contribution in [0.5, 0.6) is 0 Å². The molecule has 13 nitrogen and oxygen atoms in total. The standard InChI is InChI=1S/C12H15NO7.C12H18O5.2CH4/c1-2-11(16)19-8-7-18-6-5-12(17)20-13-9(14)3-4-10(13)15;1-9(2)11(13)16-7-5-15-6-8-17-12(14)10(3)4;;/h2H,1,3-8H2;1,3,5-8H2,2,4H3;2*1H4. The lowest BCUT2D eigenvalue weighted by Gasteiger charge is -2.12. The van der Waals surface area contributed by atoms with E-state index in [4.69, 9.17) is 18.9 Å². The van der Waals surface area contributed by atoms with Crippen LogP contribution in [0.3, 0.4) is 0 Å². The summed E-state index contributed by atoms with van der Waals surface area (Å²) in [5.74, 6) is -3.23. The lowest BCUT2D eigenvalue weighted by Crippen LogP contribution is -2.32. The SMILES string of the molecule is C.C.C=C(C)C(=O)OCCOCCOC(=O)C(=C)C.C=CC(=O)OCCOCCC(=O)ON1C(=O)CCC1=O. The lowest BCUT2D eigenvalue weighted by molar-refractivity contribution is -0.198. The molecule has 1 aliphatic heterocycles. The highest BCUT2D eigenvalue weighted by Crippen LogP contribution is 2.12. The van der Waals surface area contributed by atoms with Crippen LogP contribution in [-0.2, 0) is 57.3 Å². The van der Waals surface area contributed by atoms with Gasteiger partial charge in [0.1, 0.15) is 19.8 Å². The number of amides is 2. The molecule has 1 saturated heterocycles. The number of ether oxygens (including phenoxy) is 5. The van der Waals surface area contributed by atoms with Crippen LogP contribution in [0.1, 0.15) is 48.0 Å². The summed E-state index contributed by atoms with van der Waals surface area (Å²) >= 11 is 0. The van der Waals surface area contributed by atoms with E-state index in [0.29, 0.717) is 16.2 Å². The van der Waals surface area contributed by atoms with Gasteiger partial charge >= 0.3 is 23.9 Å². The topological polar surface area (TPSA) is 161 Å². The molecule has 0 radical (unpaired) electrons. The van der Waals surface area contributed by atoms with Gasteiger partial charge in [-0.25, -0.2) is 19.2 Å². The van der Waals surface area contributed by atoms with Gasteiger partial charge in [-0.3, -0.25) is 9.59 Å². The van der Waals surface area contributed by atoms with Crippen molar-refractivity contribution in [3.8, 4) is 0 Å². The van der Waals surface area contributed by atoms with Crippen molar-refractivity contribution in [1.29, 1.82) is 0 Å². The maximum absolute atomic E-state index is 11.3. The van der Waals surface area contributed by atoms with Crippen LogP contribution in [0.15, 0.2) is 37.0 Å². The minimum Gasteiger partial charge on any atom is -0.460 e. The molecule has 0 aromatic rings. The summed E-state index contributed by atoms with van der Waals surface area (Å²) in [6.45, 7) is 14.2. The van der Waals surface area contributed by atoms with Gasteiger partial charge in [0, 0.05) is 30.1 Å². The molecule has 0 bridgehead atoms. The van der Waals surface area contributed by atoms with Gasteiger partial charge in [0.05, 0.1) is 32.8 Å². The van der Waals surface area contributed by atoms with Crippen molar-refractivity contribution in [3.05, 3.63) is 37.0 Å². The first-order chi connectivity index (χ1) is 17.5. The van der Waals surface area contributed by atoms with Crippen LogP contribution in [0.25, 0.3) is 0 Å². The summed E-state index contributed by atoms with van der Waals surface area (Å²) in [6, 6.07) is 0. The Morgan fingerprint density at radius 3 is 1.56 bits per heavy atom. The minimum absolute atomic E-state index is 0. The summed E-state index contributed by atoms with van der Waals surface area (Å²) in [5.41, 5.74) is 0.695. The average molecular weight is 560 g/mol. The Bertz CT molecular complexity index is 819. The first-order valence-electron chi connectivity index (χ1n) is 11.2. The molecule has 2 amide bonds. The maximum atomic E-state index is 11.3. The third-order valence-electron chi connectivity index (χ3n) is 3.91. The van der Waals surface area contributed by atoms with Gasteiger partial charge in [-0.05, 0) is 13.8 Å². The Kier molecular flexibility index (Phi) is 23.7. The summed E-state index contributed by atoms with van der Waals surface area (Å²) in [5, 5.41) is 0.480. The Balaban J connectivity index is -0.000000641. The summed E-state index contributed by atoms with van der Waals surface area (Å²) in [7, 11) is 0. The number of hydrogen-bond donors (Lipinski definition) is 0. The molecule has 1 aliphatic rings. The number of nitrogens with zero attached hydrogens (tertiary/aromatic N) is 1. The number of carbonyl (C=O) groups is 6. The molecular weight excluding hydrogens is 518 g/mol. The fourth-order valence-electron chi connectivity index (χ4n) is 2.06. The normalized spacial score (nSPS) is 11.5. The molecule has 1 fully saturated rings. The molecule has 13 heteroatoms. The van der Waals surface area contributed by atoms with Gasteiger partial charge in [-0.15, -0.1) is 5.06 Å². The molecule has 222 valence electrons. The molecule has 0 atom stereocenters. The van der Waals surface area contributed by atoms with Crippen molar-refractivity contribution in [3.63, 3.8) is 0 Å². The van der Waals surface area contributed by atoms with E-state index in [0.717, 1.165) is 6.08 Å². The van der Waals surface area contributed by atoms with Gasteiger partial charge in [0.15, 0.2) is 0 Å². The predicted molar refractivity (Wildman–Crippen MR) is 140 cm³/mol. The maximum Gasteiger partial charge on any atom is 0.335 e. The summed E-state index contributed by atoms with van der Waals surface area (Å²) in [4.78, 5) is 70.8. The Hall–Kier alpha value is -3.84. The Labute approximate surface area is 229 Å². The van der Waals surface area contributed by atoms with Crippen molar-refractivity contribution in [2.24, 2.45) is 0 Å². The molecule has 1 rings (SSSR count). The second-order valence-corrected chi connectivity index (χ2v) is 7.22. The Morgan fingerprint density at radius 1 is 0.744 bits per heavy atom. The summed E-state index contributed by atoms with van der Waals surface area (Å²) < 4.78 is 24.3. The highest BCUT2D eigenvalue weighted by Gasteiger charge is 2.32. The zero-order valence-electron chi connectivity index (χ0n) is 21.1. The molecular formula is C26H41NO12. The quantitative estimate of drug-likeness (QED) is 0.0893. The van der Waals surface area contributed by atoms with Crippen LogP contribution in [0, 0.1) is 0 Å². The molecule has 0 N–H and O–H groups in total. The molecule has 0 aromatic carbocycles. The van der Waals surface area contributed by atoms with Crippen molar-refractivity contribution in [1.82, 2.24) is 5.06 Å². The molecule has 0 unspecified atom stereocenters. The highest BCUT2D eigenvalue weighted by atomic mass is 16.7. The van der Waals surface area contributed by atoms with E-state index in [1.165, 1.54) is 0 Å². The molecule has 1 heterocycles. The Morgan fingerprint density at radius 2 is 1.15 bits per heavy atom. The third kappa shape index (κ3) is 19.9. The van der Waals surface area contributed by atoms with E-state index >= 15 is 0 Å². The number of hydrogen-bond acceptors (Lipinski definition) is 12. The van der Waals surface area contributed by atoms with Crippen LogP contribution in [0.2, 0.25) is 0 Å². The number of hydroxylamine groups is 2. The van der Waals surface area contributed by atoms with E-state index < -0.39 is 35.7 Å². The van der Waals surface area contributed by atoms with E-state index in [9.17, 15) is 28.8 Å². The zero-order valence-corrected chi connectivity index (χ0v) is 21.1. The van der Waals surface area contributed by atoms with E-state index in [2.05, 4.69) is 29.3 Å². The second-order valence-electron chi connectivity index (χ2n) is 7.22. The number of imide groups is 1. The van der Waals surface area contributed by atoms with Crippen molar-refractivity contribution in [2.45, 2.75) is 48.0 Å². The van der Waals surface area contributed by atoms with Gasteiger partial charge in [0.2, 0.25) is 0 Å². The van der Waals surface area contributed by atoms with Crippen LogP contribution in [0.4, 0.5) is 0 Å². The summed E-state index contributed by atoms with van der Waals surface area (Å²) in [6.07, 6.45) is 1.02. The van der Waals surface area contributed by atoms with Crippen molar-refractivity contribution < 1.29 is 57.3 Å².